The Balaban J connectivity index is 1.34. The molecule has 4 aromatic carbocycles. The maximum Gasteiger partial charge on any atom is 0.260 e. The molecule has 52 heavy (non-hydrogen) atoms. The Morgan fingerprint density at radius 1 is 0.904 bits per heavy atom. The predicted octanol–water partition coefficient (Wildman–Crippen LogP) is 7.34. The Morgan fingerprint density at radius 3 is 2.33 bits per heavy atom. The highest BCUT2D eigenvalue weighted by molar-refractivity contribution is 6.32. The molecule has 0 bridgehead atoms. The molecule has 2 aliphatic carbocycles. The van der Waals surface area contributed by atoms with E-state index in [2.05, 4.69) is 5.43 Å². The van der Waals surface area contributed by atoms with Gasteiger partial charge >= 0.3 is 0 Å². The van der Waals surface area contributed by atoms with Crippen molar-refractivity contribution in [2.24, 2.45) is 23.7 Å². The summed E-state index contributed by atoms with van der Waals surface area (Å²) in [5.41, 5.74) is 4.16. The van der Waals surface area contributed by atoms with Gasteiger partial charge in [-0.2, -0.15) is 5.01 Å². The number of carbonyl (C=O) groups is 4. The second-order valence-electron chi connectivity index (χ2n) is 13.7. The molecule has 8 rings (SSSR count). The normalized spacial score (nSPS) is 26.6. The van der Waals surface area contributed by atoms with Gasteiger partial charge in [-0.3, -0.25) is 24.6 Å². The molecule has 0 radical (unpaired) electrons. The number of para-hydroxylation sites is 1. The Labute approximate surface area is 308 Å². The molecule has 4 aromatic rings. The molecule has 9 nitrogen and oxygen atoms in total. The number of fused-ring (bicyclic) bond motifs is 4. The Bertz CT molecular complexity index is 2210. The zero-order valence-corrected chi connectivity index (χ0v) is 29.5. The molecule has 4 amide bonds. The van der Waals surface area contributed by atoms with E-state index in [4.69, 9.17) is 27.9 Å². The van der Waals surface area contributed by atoms with E-state index in [-0.39, 0.29) is 30.2 Å². The van der Waals surface area contributed by atoms with E-state index < -0.39 is 58.5 Å². The Morgan fingerprint density at radius 2 is 1.63 bits per heavy atom. The largest absolute Gasteiger partial charge is 0.504 e. The number of allylic oxidation sites excluding steroid dienone is 2. The molecule has 0 spiro atoms. The molecule has 12 heteroatoms. The first-order valence-electron chi connectivity index (χ1n) is 16.8. The third-order valence-corrected chi connectivity index (χ3v) is 11.9. The first kappa shape index (κ1) is 33.9. The molecule has 1 saturated carbocycles. The molecule has 2 aliphatic heterocycles. The van der Waals surface area contributed by atoms with Crippen molar-refractivity contribution in [1.82, 2.24) is 5.01 Å². The van der Waals surface area contributed by atoms with E-state index >= 15 is 4.79 Å². The van der Waals surface area contributed by atoms with Crippen molar-refractivity contribution < 1.29 is 33.4 Å². The fourth-order valence-electron chi connectivity index (χ4n) is 8.91. The highest BCUT2D eigenvalue weighted by Crippen LogP contribution is 2.65. The van der Waals surface area contributed by atoms with Gasteiger partial charge in [-0.25, -0.2) is 9.29 Å². The Hall–Kier alpha value is -5.19. The first-order chi connectivity index (χ1) is 25.0. The number of carbonyl (C=O) groups excluding carboxylic acids is 4. The number of ether oxygens (including phenoxy) is 1. The number of phenolic OH excluding ortho intramolecular Hbond substituents is 1. The lowest BCUT2D eigenvalue weighted by atomic mass is 9.49. The highest BCUT2D eigenvalue weighted by atomic mass is 35.5. The summed E-state index contributed by atoms with van der Waals surface area (Å²) in [5, 5.41) is 13.6. The van der Waals surface area contributed by atoms with Gasteiger partial charge in [-0.1, -0.05) is 65.2 Å². The molecule has 264 valence electrons. The van der Waals surface area contributed by atoms with Crippen LogP contribution in [-0.4, -0.2) is 40.9 Å². The van der Waals surface area contributed by atoms with E-state index in [9.17, 15) is 23.9 Å². The molecular weight excluding hydrogens is 708 g/mol. The SMILES string of the molecule is COc1cccc(C2C3=CCC4C(=O)N(c5ccc(C)c(Cl)c5)C(=O)C4C3CC3C(=O)N(Nc4ccc(F)cc4)C(=O)C32c2ccc(Cl)cc2)c1O. The lowest BCUT2D eigenvalue weighted by Crippen LogP contribution is -2.53. The fraction of sp³-hybridized carbons (Fsp3) is 0.250. The van der Waals surface area contributed by atoms with Gasteiger partial charge in [-0.15, -0.1) is 0 Å². The first-order valence-corrected chi connectivity index (χ1v) is 17.6. The van der Waals surface area contributed by atoms with Crippen molar-refractivity contribution in [1.29, 1.82) is 0 Å². The number of aryl methyl sites for hydroxylation is 1. The number of nitrogens with zero attached hydrogens (tertiary/aromatic N) is 2. The minimum Gasteiger partial charge on any atom is -0.504 e. The van der Waals surface area contributed by atoms with Crippen LogP contribution in [0.1, 0.15) is 35.4 Å². The van der Waals surface area contributed by atoms with E-state index in [0.717, 1.165) is 10.6 Å². The average Bonchev–Trinajstić information content (AvgIpc) is 3.51. The van der Waals surface area contributed by atoms with E-state index in [1.807, 2.05) is 13.0 Å². The van der Waals surface area contributed by atoms with Crippen LogP contribution in [0.15, 0.2) is 96.6 Å². The summed E-state index contributed by atoms with van der Waals surface area (Å²) in [7, 11) is 1.41. The summed E-state index contributed by atoms with van der Waals surface area (Å²) in [4.78, 5) is 59.8. The van der Waals surface area contributed by atoms with Crippen LogP contribution in [0.5, 0.6) is 11.5 Å². The number of methoxy groups -OCH3 is 1. The van der Waals surface area contributed by atoms with Crippen LogP contribution in [0.3, 0.4) is 0 Å². The van der Waals surface area contributed by atoms with Crippen LogP contribution in [-0.2, 0) is 24.6 Å². The number of hydrazine groups is 1. The number of aromatic hydroxyl groups is 1. The maximum absolute atomic E-state index is 15.2. The lowest BCUT2D eigenvalue weighted by molar-refractivity contribution is -0.138. The standard InChI is InChI=1S/C40H32Cl2FN3O6/c1-20-6-15-25(18-31(20)42)45-36(48)27-17-16-26-29(33(27)38(45)50)19-30-37(49)46(44-24-13-11-23(43)12-14-24)39(51)40(30,21-7-9-22(41)10-8-21)34(26)28-4-3-5-32(52-2)35(28)47/h3-16,18,27,29-30,33-34,44,47H,17,19H2,1-2H3. The number of halogens is 3. The topological polar surface area (TPSA) is 116 Å². The number of nitrogens with one attached hydrogen (secondary N) is 1. The highest BCUT2D eigenvalue weighted by Gasteiger charge is 2.70. The van der Waals surface area contributed by atoms with Gasteiger partial charge in [0.05, 0.1) is 41.7 Å². The summed E-state index contributed by atoms with van der Waals surface area (Å²) >= 11 is 12.8. The molecule has 2 saturated heterocycles. The van der Waals surface area contributed by atoms with Gasteiger partial charge < -0.3 is 9.84 Å². The van der Waals surface area contributed by atoms with E-state index in [1.165, 1.54) is 36.3 Å². The van der Waals surface area contributed by atoms with Crippen LogP contribution in [0.4, 0.5) is 15.8 Å². The molecule has 4 aliphatic rings. The average molecular weight is 741 g/mol. The number of hydrogen-bond donors (Lipinski definition) is 2. The molecule has 6 atom stereocenters. The molecule has 2 N–H and O–H groups in total. The minimum atomic E-state index is -1.65. The van der Waals surface area contributed by atoms with Crippen molar-refractivity contribution in [3.05, 3.63) is 129 Å². The summed E-state index contributed by atoms with van der Waals surface area (Å²) in [6.45, 7) is 1.83. The number of rotatable bonds is 6. The van der Waals surface area contributed by atoms with Crippen molar-refractivity contribution >= 4 is 58.2 Å². The van der Waals surface area contributed by atoms with Crippen LogP contribution >= 0.6 is 23.2 Å². The van der Waals surface area contributed by atoms with Crippen molar-refractivity contribution in [3.8, 4) is 11.5 Å². The summed E-state index contributed by atoms with van der Waals surface area (Å²) in [6, 6.07) is 21.9. The van der Waals surface area contributed by atoms with Crippen LogP contribution in [0.2, 0.25) is 10.0 Å². The third kappa shape index (κ3) is 4.88. The van der Waals surface area contributed by atoms with Crippen LogP contribution < -0.4 is 15.1 Å². The van der Waals surface area contributed by atoms with Gasteiger partial charge in [0.15, 0.2) is 11.5 Å². The van der Waals surface area contributed by atoms with E-state index in [0.29, 0.717) is 38.1 Å². The number of imide groups is 2. The second-order valence-corrected chi connectivity index (χ2v) is 14.6. The van der Waals surface area contributed by atoms with Gasteiger partial charge in [0, 0.05) is 21.5 Å². The molecule has 3 fully saturated rings. The molecule has 2 heterocycles. The van der Waals surface area contributed by atoms with Crippen LogP contribution in [0.25, 0.3) is 0 Å². The maximum atomic E-state index is 15.2. The lowest BCUT2D eigenvalue weighted by Gasteiger charge is -2.50. The summed E-state index contributed by atoms with van der Waals surface area (Å²) < 4.78 is 19.4. The number of amides is 4. The number of hydrogen-bond acceptors (Lipinski definition) is 7. The van der Waals surface area contributed by atoms with Gasteiger partial charge in [-0.05, 0) is 91.4 Å². The molecule has 0 aromatic heterocycles. The zero-order chi connectivity index (χ0) is 36.6. The monoisotopic (exact) mass is 739 g/mol. The fourth-order valence-corrected chi connectivity index (χ4v) is 9.21. The van der Waals surface area contributed by atoms with E-state index in [1.54, 1.807) is 60.7 Å². The quantitative estimate of drug-likeness (QED) is 0.157. The van der Waals surface area contributed by atoms with Gasteiger partial charge in [0.2, 0.25) is 11.8 Å². The second kappa shape index (κ2) is 12.5. The Kier molecular flexibility index (Phi) is 8.15. The van der Waals surface area contributed by atoms with Crippen molar-refractivity contribution in [3.63, 3.8) is 0 Å². The number of benzene rings is 4. The van der Waals surface area contributed by atoms with Gasteiger partial charge in [0.25, 0.3) is 11.8 Å². The predicted molar refractivity (Wildman–Crippen MR) is 192 cm³/mol. The van der Waals surface area contributed by atoms with Crippen molar-refractivity contribution in [2.75, 3.05) is 17.4 Å². The third-order valence-electron chi connectivity index (χ3n) is 11.2. The zero-order valence-electron chi connectivity index (χ0n) is 28.0. The number of phenols is 1. The van der Waals surface area contributed by atoms with Crippen molar-refractivity contribution in [2.45, 2.75) is 31.1 Å². The minimum absolute atomic E-state index is 0.0462. The van der Waals surface area contributed by atoms with Gasteiger partial charge in [0.1, 0.15) is 5.82 Å². The molecular formula is C40H32Cl2FN3O6. The molecule has 6 unspecified atom stereocenters. The summed E-state index contributed by atoms with van der Waals surface area (Å²) in [6.07, 6.45) is 2.14. The summed E-state index contributed by atoms with van der Waals surface area (Å²) in [5.74, 6) is -6.82. The number of anilines is 2. The van der Waals surface area contributed by atoms with Crippen LogP contribution in [0, 0.1) is 36.4 Å². The smallest absolute Gasteiger partial charge is 0.260 e.